The minimum Gasteiger partial charge on any atom is -0.324 e. The Morgan fingerprint density at radius 1 is 1.69 bits per heavy atom. The van der Waals surface area contributed by atoms with Crippen LogP contribution < -0.4 is 5.32 Å². The van der Waals surface area contributed by atoms with E-state index in [1.54, 1.807) is 12.1 Å². The van der Waals surface area contributed by atoms with E-state index < -0.39 is 0 Å². The van der Waals surface area contributed by atoms with E-state index in [1.165, 1.54) is 6.07 Å². The maximum atomic E-state index is 11.6. The van der Waals surface area contributed by atoms with E-state index in [-0.39, 0.29) is 10.7 Å². The molecular weight excluding hydrogens is 291 g/mol. The lowest BCUT2D eigenvalue weighted by atomic mass is 10.2. The Labute approximate surface area is 108 Å². The van der Waals surface area contributed by atoms with Gasteiger partial charge in [0.2, 0.25) is 5.91 Å². The summed E-state index contributed by atoms with van der Waals surface area (Å²) in [6, 6.07) is 6.72. The van der Waals surface area contributed by atoms with Crippen LogP contribution in [0.3, 0.4) is 0 Å². The largest absolute Gasteiger partial charge is 0.324 e. The number of amides is 1. The Morgan fingerprint density at radius 2 is 2.38 bits per heavy atom. The molecule has 0 aliphatic heterocycles. The van der Waals surface area contributed by atoms with E-state index >= 15 is 0 Å². The van der Waals surface area contributed by atoms with Gasteiger partial charge in [-0.15, -0.1) is 0 Å². The van der Waals surface area contributed by atoms with Crippen LogP contribution in [0.15, 0.2) is 18.2 Å². The Morgan fingerprint density at radius 3 is 2.88 bits per heavy atom. The third-order valence-corrected chi connectivity index (χ3v) is 3.37. The van der Waals surface area contributed by atoms with E-state index in [9.17, 15) is 4.79 Å². The van der Waals surface area contributed by atoms with Gasteiger partial charge in [0.25, 0.3) is 0 Å². The Kier molecular flexibility index (Phi) is 4.78. The van der Waals surface area contributed by atoms with Crippen LogP contribution in [0.1, 0.15) is 18.9 Å². The topological polar surface area (TPSA) is 52.9 Å². The molecule has 0 heterocycles. The molecule has 1 aromatic carbocycles. The van der Waals surface area contributed by atoms with Gasteiger partial charge < -0.3 is 5.32 Å². The number of rotatable bonds is 3. The van der Waals surface area contributed by atoms with Crippen molar-refractivity contribution >= 4 is 39.1 Å². The van der Waals surface area contributed by atoms with E-state index in [0.29, 0.717) is 22.7 Å². The fraction of sp³-hybridized carbons (Fsp3) is 0.273. The lowest BCUT2D eigenvalue weighted by Crippen LogP contribution is -2.22. The van der Waals surface area contributed by atoms with Crippen LogP contribution in [-0.2, 0) is 4.79 Å². The van der Waals surface area contributed by atoms with Crippen LogP contribution in [0.2, 0.25) is 5.02 Å². The Bertz CT molecular complexity index is 442. The molecule has 0 fully saturated rings. The van der Waals surface area contributed by atoms with Crippen LogP contribution in [0.5, 0.6) is 0 Å². The lowest BCUT2D eigenvalue weighted by Gasteiger charge is -2.10. The summed E-state index contributed by atoms with van der Waals surface area (Å²) in [7, 11) is 0. The molecule has 1 amide bonds. The van der Waals surface area contributed by atoms with Gasteiger partial charge >= 0.3 is 0 Å². The molecule has 84 valence electrons. The van der Waals surface area contributed by atoms with Crippen molar-refractivity contribution in [3.63, 3.8) is 0 Å². The highest BCUT2D eigenvalue weighted by Gasteiger charge is 2.13. The first kappa shape index (κ1) is 13.0. The Hall–Kier alpha value is -1.05. The number of carbonyl (C=O) groups is 1. The molecule has 1 atom stereocenters. The molecule has 0 saturated carbocycles. The van der Waals surface area contributed by atoms with Gasteiger partial charge in [-0.1, -0.05) is 34.5 Å². The molecule has 0 spiro atoms. The average Bonchev–Trinajstić information content (AvgIpc) is 2.30. The van der Waals surface area contributed by atoms with Crippen LogP contribution in [0.4, 0.5) is 5.69 Å². The van der Waals surface area contributed by atoms with Gasteiger partial charge in [-0.3, -0.25) is 4.79 Å². The first-order valence-electron chi connectivity index (χ1n) is 4.73. The smallest absolute Gasteiger partial charge is 0.238 e. The molecule has 16 heavy (non-hydrogen) atoms. The first-order chi connectivity index (χ1) is 7.58. The molecule has 1 aromatic rings. The monoisotopic (exact) mass is 300 g/mol. The highest BCUT2D eigenvalue weighted by atomic mass is 79.9. The SMILES string of the molecule is CCC(Br)C(=O)Nc1ccc(C#N)cc1Cl. The van der Waals surface area contributed by atoms with E-state index in [1.807, 2.05) is 13.0 Å². The van der Waals surface area contributed by atoms with Gasteiger partial charge in [0.15, 0.2) is 0 Å². The number of hydrogen-bond acceptors (Lipinski definition) is 2. The van der Waals surface area contributed by atoms with Crippen molar-refractivity contribution in [2.75, 3.05) is 5.32 Å². The number of nitrogens with zero attached hydrogens (tertiary/aromatic N) is 1. The molecule has 0 radical (unpaired) electrons. The summed E-state index contributed by atoms with van der Waals surface area (Å²) < 4.78 is 0. The molecule has 5 heteroatoms. The maximum Gasteiger partial charge on any atom is 0.238 e. The van der Waals surface area contributed by atoms with Crippen LogP contribution in [0, 0.1) is 11.3 Å². The highest BCUT2D eigenvalue weighted by molar-refractivity contribution is 9.10. The van der Waals surface area contributed by atoms with Crippen LogP contribution in [0.25, 0.3) is 0 Å². The summed E-state index contributed by atoms with van der Waals surface area (Å²) in [6.45, 7) is 1.90. The van der Waals surface area contributed by atoms with Crippen molar-refractivity contribution in [3.8, 4) is 6.07 Å². The molecule has 0 aliphatic rings. The van der Waals surface area contributed by atoms with Crippen molar-refractivity contribution < 1.29 is 4.79 Å². The van der Waals surface area contributed by atoms with Crippen molar-refractivity contribution in [2.45, 2.75) is 18.2 Å². The quantitative estimate of drug-likeness (QED) is 0.871. The lowest BCUT2D eigenvalue weighted by molar-refractivity contribution is -0.115. The molecule has 0 aliphatic carbocycles. The Balaban J connectivity index is 2.83. The highest BCUT2D eigenvalue weighted by Crippen LogP contribution is 2.23. The van der Waals surface area contributed by atoms with Crippen molar-refractivity contribution in [1.29, 1.82) is 5.26 Å². The molecule has 0 aromatic heterocycles. The fourth-order valence-corrected chi connectivity index (χ4v) is 1.42. The number of halogens is 2. The standard InChI is InChI=1S/C11H10BrClN2O/c1-2-8(12)11(16)15-10-4-3-7(6-14)5-9(10)13/h3-5,8H,2H2,1H3,(H,15,16). The van der Waals surface area contributed by atoms with Gasteiger partial charge in [-0.05, 0) is 24.6 Å². The summed E-state index contributed by atoms with van der Waals surface area (Å²) in [5.74, 6) is -0.144. The van der Waals surface area contributed by atoms with Crippen molar-refractivity contribution in [3.05, 3.63) is 28.8 Å². The summed E-state index contributed by atoms with van der Waals surface area (Å²) in [6.07, 6.45) is 0.694. The molecule has 1 N–H and O–H groups in total. The number of benzene rings is 1. The number of carbonyl (C=O) groups excluding carboxylic acids is 1. The van der Waals surface area contributed by atoms with Gasteiger partial charge in [-0.25, -0.2) is 0 Å². The summed E-state index contributed by atoms with van der Waals surface area (Å²) >= 11 is 9.16. The van der Waals surface area contributed by atoms with Gasteiger partial charge in [0.1, 0.15) is 0 Å². The maximum absolute atomic E-state index is 11.6. The predicted octanol–water partition coefficient (Wildman–Crippen LogP) is 3.32. The number of nitrogens with one attached hydrogen (secondary N) is 1. The summed E-state index contributed by atoms with van der Waals surface area (Å²) in [4.78, 5) is 11.3. The second-order valence-corrected chi connectivity index (χ2v) is 4.68. The van der Waals surface area contributed by atoms with Crippen LogP contribution in [-0.4, -0.2) is 10.7 Å². The normalized spacial score (nSPS) is 11.6. The molecular formula is C11H10BrClN2O. The number of anilines is 1. The fourth-order valence-electron chi connectivity index (χ4n) is 1.08. The number of alkyl halides is 1. The minimum atomic E-state index is -0.237. The molecule has 0 saturated heterocycles. The summed E-state index contributed by atoms with van der Waals surface area (Å²) in [5, 5.41) is 11.7. The van der Waals surface area contributed by atoms with E-state index in [4.69, 9.17) is 16.9 Å². The molecule has 0 bridgehead atoms. The zero-order chi connectivity index (χ0) is 12.1. The zero-order valence-corrected chi connectivity index (χ0v) is 11.0. The third kappa shape index (κ3) is 3.22. The van der Waals surface area contributed by atoms with Gasteiger partial charge in [-0.2, -0.15) is 5.26 Å². The zero-order valence-electron chi connectivity index (χ0n) is 8.63. The van der Waals surface area contributed by atoms with Gasteiger partial charge in [0, 0.05) is 0 Å². The molecule has 1 rings (SSSR count). The van der Waals surface area contributed by atoms with E-state index in [2.05, 4.69) is 21.2 Å². The number of nitriles is 1. The van der Waals surface area contributed by atoms with Crippen LogP contribution >= 0.6 is 27.5 Å². The summed E-state index contributed by atoms with van der Waals surface area (Å²) in [5.41, 5.74) is 0.984. The van der Waals surface area contributed by atoms with Crippen molar-refractivity contribution in [2.24, 2.45) is 0 Å². The minimum absolute atomic E-state index is 0.144. The van der Waals surface area contributed by atoms with Gasteiger partial charge in [0.05, 0.1) is 27.2 Å². The third-order valence-electron chi connectivity index (χ3n) is 2.00. The molecule has 1 unspecified atom stereocenters. The second-order valence-electron chi connectivity index (χ2n) is 3.17. The first-order valence-corrected chi connectivity index (χ1v) is 6.02. The average molecular weight is 302 g/mol. The predicted molar refractivity (Wildman–Crippen MR) is 67.8 cm³/mol. The van der Waals surface area contributed by atoms with Crippen molar-refractivity contribution in [1.82, 2.24) is 0 Å². The second kappa shape index (κ2) is 5.88. The molecule has 3 nitrogen and oxygen atoms in total. The van der Waals surface area contributed by atoms with E-state index in [0.717, 1.165) is 0 Å². The number of hydrogen-bond donors (Lipinski definition) is 1.